The van der Waals surface area contributed by atoms with Crippen molar-refractivity contribution < 1.29 is 9.72 Å². The lowest BCUT2D eigenvalue weighted by Gasteiger charge is -2.18. The zero-order chi connectivity index (χ0) is 17.0. The molecule has 0 saturated carbocycles. The van der Waals surface area contributed by atoms with Gasteiger partial charge in [-0.15, -0.1) is 11.8 Å². The van der Waals surface area contributed by atoms with E-state index in [4.69, 9.17) is 11.6 Å². The van der Waals surface area contributed by atoms with Crippen LogP contribution in [0.4, 0.5) is 5.69 Å². The van der Waals surface area contributed by atoms with Crippen molar-refractivity contribution in [3.8, 4) is 0 Å². The molecule has 0 aliphatic rings. The number of nitrogens with zero attached hydrogens (tertiary/aromatic N) is 2. The second-order valence-corrected chi connectivity index (χ2v) is 6.15. The highest BCUT2D eigenvalue weighted by Gasteiger charge is 2.19. The zero-order valence-electron chi connectivity index (χ0n) is 12.7. The minimum atomic E-state index is -0.476. The highest BCUT2D eigenvalue weighted by atomic mass is 35.5. The molecule has 0 N–H and O–H groups in total. The number of rotatable bonds is 5. The average molecular weight is 351 g/mol. The van der Waals surface area contributed by atoms with Gasteiger partial charge in [-0.1, -0.05) is 29.8 Å². The number of carbonyl (C=O) groups is 1. The maximum atomic E-state index is 12.5. The Labute approximate surface area is 143 Å². The number of nitro benzene ring substituents is 1. The first-order chi connectivity index (χ1) is 10.9. The van der Waals surface area contributed by atoms with Gasteiger partial charge >= 0.3 is 0 Å². The van der Waals surface area contributed by atoms with Gasteiger partial charge in [-0.25, -0.2) is 0 Å². The van der Waals surface area contributed by atoms with Gasteiger partial charge in [-0.2, -0.15) is 0 Å². The molecular formula is C16H15ClN2O3S. The summed E-state index contributed by atoms with van der Waals surface area (Å²) in [5.74, 6) is -0.291. The lowest BCUT2D eigenvalue weighted by Crippen LogP contribution is -2.26. The van der Waals surface area contributed by atoms with E-state index in [2.05, 4.69) is 0 Å². The second kappa shape index (κ2) is 7.48. The topological polar surface area (TPSA) is 63.5 Å². The van der Waals surface area contributed by atoms with Crippen LogP contribution in [0.25, 0.3) is 0 Å². The lowest BCUT2D eigenvalue weighted by atomic mass is 10.1. The molecule has 2 aromatic rings. The van der Waals surface area contributed by atoms with Gasteiger partial charge in [0.15, 0.2) is 0 Å². The largest absolute Gasteiger partial charge is 0.337 e. The van der Waals surface area contributed by atoms with Crippen LogP contribution in [-0.2, 0) is 6.54 Å². The van der Waals surface area contributed by atoms with E-state index in [1.807, 2.05) is 18.2 Å². The van der Waals surface area contributed by atoms with E-state index in [-0.39, 0.29) is 17.2 Å². The Hall–Kier alpha value is -2.05. The van der Waals surface area contributed by atoms with Crippen molar-refractivity contribution in [3.05, 3.63) is 68.7 Å². The van der Waals surface area contributed by atoms with Gasteiger partial charge in [0.05, 0.1) is 9.82 Å². The first kappa shape index (κ1) is 17.3. The monoisotopic (exact) mass is 350 g/mol. The van der Waals surface area contributed by atoms with E-state index in [9.17, 15) is 14.9 Å². The molecule has 0 aliphatic carbocycles. The Morgan fingerprint density at radius 3 is 2.61 bits per heavy atom. The van der Waals surface area contributed by atoms with E-state index in [0.29, 0.717) is 16.5 Å². The van der Waals surface area contributed by atoms with Gasteiger partial charge in [0.25, 0.3) is 11.6 Å². The number of hydrogen-bond acceptors (Lipinski definition) is 4. The normalized spacial score (nSPS) is 10.4. The molecule has 0 unspecified atom stereocenters. The van der Waals surface area contributed by atoms with E-state index < -0.39 is 4.92 Å². The fourth-order valence-corrected chi connectivity index (χ4v) is 2.88. The summed E-state index contributed by atoms with van der Waals surface area (Å²) in [4.78, 5) is 25.1. The van der Waals surface area contributed by atoms with E-state index in [0.717, 1.165) is 5.56 Å². The molecule has 0 atom stereocenters. The van der Waals surface area contributed by atoms with Crippen molar-refractivity contribution in [2.75, 3.05) is 13.3 Å². The van der Waals surface area contributed by atoms with Gasteiger partial charge in [-0.3, -0.25) is 14.9 Å². The Morgan fingerprint density at radius 2 is 2.00 bits per heavy atom. The van der Waals surface area contributed by atoms with Crippen molar-refractivity contribution >= 4 is 35.0 Å². The van der Waals surface area contributed by atoms with Crippen LogP contribution < -0.4 is 0 Å². The molecule has 0 aliphatic heterocycles. The first-order valence-electron chi connectivity index (χ1n) is 6.75. The van der Waals surface area contributed by atoms with Gasteiger partial charge < -0.3 is 4.90 Å². The summed E-state index contributed by atoms with van der Waals surface area (Å²) in [6.45, 7) is 0.330. The summed E-state index contributed by atoms with van der Waals surface area (Å²) < 4.78 is 0. The quantitative estimate of drug-likeness (QED) is 0.459. The molecule has 7 heteroatoms. The summed E-state index contributed by atoms with van der Waals surface area (Å²) >= 11 is 7.37. The molecule has 0 heterocycles. The summed E-state index contributed by atoms with van der Waals surface area (Å²) in [6.07, 6.45) is 1.76. The number of amides is 1. The molecule has 2 rings (SSSR count). The molecule has 120 valence electrons. The molecule has 23 heavy (non-hydrogen) atoms. The van der Waals surface area contributed by atoms with Crippen LogP contribution in [0.2, 0.25) is 5.02 Å². The van der Waals surface area contributed by atoms with Gasteiger partial charge in [-0.05, 0) is 30.0 Å². The lowest BCUT2D eigenvalue weighted by molar-refractivity contribution is -0.387. The second-order valence-electron chi connectivity index (χ2n) is 4.90. The predicted octanol–water partition coefficient (Wildman–Crippen LogP) is 4.24. The molecule has 1 amide bonds. The molecule has 0 spiro atoms. The molecule has 2 aromatic carbocycles. The van der Waals surface area contributed by atoms with Crippen LogP contribution in [0.1, 0.15) is 15.9 Å². The highest BCUT2D eigenvalue weighted by Crippen LogP contribution is 2.29. The van der Waals surface area contributed by atoms with Crippen LogP contribution in [-0.4, -0.2) is 29.0 Å². The summed E-state index contributed by atoms with van der Waals surface area (Å²) in [5, 5.41) is 11.7. The van der Waals surface area contributed by atoms with E-state index >= 15 is 0 Å². The number of carbonyl (C=O) groups excluding carboxylic acids is 1. The number of hydrogen-bond donors (Lipinski definition) is 0. The fourth-order valence-electron chi connectivity index (χ4n) is 2.14. The SMILES string of the molecule is CSc1ccc(C(=O)N(C)Cc2ccccc2Cl)cc1[N+](=O)[O-]. The molecule has 0 radical (unpaired) electrons. The predicted molar refractivity (Wildman–Crippen MR) is 92.1 cm³/mol. The van der Waals surface area contributed by atoms with Gasteiger partial charge in [0, 0.05) is 30.2 Å². The standard InChI is InChI=1S/C16H15ClN2O3S/c1-18(10-12-5-3-4-6-13(12)17)16(20)11-7-8-15(23-2)14(9-11)19(21)22/h3-9H,10H2,1-2H3. The van der Waals surface area contributed by atoms with Crippen LogP contribution in [0, 0.1) is 10.1 Å². The van der Waals surface area contributed by atoms with Crippen LogP contribution in [0.3, 0.4) is 0 Å². The Bertz CT molecular complexity index is 752. The van der Waals surface area contributed by atoms with Gasteiger partial charge in [0.1, 0.15) is 0 Å². The van der Waals surface area contributed by atoms with Crippen molar-refractivity contribution in [2.24, 2.45) is 0 Å². The number of halogens is 1. The van der Waals surface area contributed by atoms with Crippen molar-refractivity contribution in [1.29, 1.82) is 0 Å². The first-order valence-corrected chi connectivity index (χ1v) is 8.35. The zero-order valence-corrected chi connectivity index (χ0v) is 14.2. The Kier molecular flexibility index (Phi) is 5.63. The minimum absolute atomic E-state index is 0.0607. The summed E-state index contributed by atoms with van der Waals surface area (Å²) in [5.41, 5.74) is 1.04. The molecule has 0 aromatic heterocycles. The van der Waals surface area contributed by atoms with Crippen LogP contribution in [0.5, 0.6) is 0 Å². The molecule has 5 nitrogen and oxygen atoms in total. The minimum Gasteiger partial charge on any atom is -0.337 e. The maximum Gasteiger partial charge on any atom is 0.283 e. The van der Waals surface area contributed by atoms with Crippen LogP contribution >= 0.6 is 23.4 Å². The van der Waals surface area contributed by atoms with Gasteiger partial charge in [0.2, 0.25) is 0 Å². The summed E-state index contributed by atoms with van der Waals surface area (Å²) in [7, 11) is 1.64. The van der Waals surface area contributed by atoms with Crippen molar-refractivity contribution in [1.82, 2.24) is 4.90 Å². The Balaban J connectivity index is 2.24. The molecule has 0 saturated heterocycles. The van der Waals surface area contributed by atoms with Crippen molar-refractivity contribution in [3.63, 3.8) is 0 Å². The molecular weight excluding hydrogens is 336 g/mol. The van der Waals surface area contributed by atoms with Crippen molar-refractivity contribution in [2.45, 2.75) is 11.4 Å². The third-order valence-electron chi connectivity index (χ3n) is 3.33. The number of thioether (sulfide) groups is 1. The Morgan fingerprint density at radius 1 is 1.30 bits per heavy atom. The molecule has 0 bridgehead atoms. The number of nitro groups is 1. The van der Waals surface area contributed by atoms with Crippen LogP contribution in [0.15, 0.2) is 47.4 Å². The fraction of sp³-hybridized carbons (Fsp3) is 0.188. The third-order valence-corrected chi connectivity index (χ3v) is 4.49. The average Bonchev–Trinajstić information content (AvgIpc) is 2.55. The number of benzene rings is 2. The summed E-state index contributed by atoms with van der Waals surface area (Å²) in [6, 6.07) is 11.8. The highest BCUT2D eigenvalue weighted by molar-refractivity contribution is 7.98. The molecule has 0 fully saturated rings. The maximum absolute atomic E-state index is 12.5. The van der Waals surface area contributed by atoms with E-state index in [1.165, 1.54) is 22.7 Å². The smallest absolute Gasteiger partial charge is 0.283 e. The van der Waals surface area contributed by atoms with E-state index in [1.54, 1.807) is 31.5 Å². The third kappa shape index (κ3) is 4.03.